The fraction of sp³-hybridized carbons (Fsp3) is 0.400. The van der Waals surface area contributed by atoms with Gasteiger partial charge in [0.1, 0.15) is 11.6 Å². The van der Waals surface area contributed by atoms with Crippen LogP contribution in [0.3, 0.4) is 0 Å². The lowest BCUT2D eigenvalue weighted by Gasteiger charge is -2.14. The van der Waals surface area contributed by atoms with Crippen molar-refractivity contribution in [2.45, 2.75) is 5.92 Å². The lowest BCUT2D eigenvalue weighted by atomic mass is 9.99. The summed E-state index contributed by atoms with van der Waals surface area (Å²) in [5.41, 5.74) is 0.210. The molecule has 0 aliphatic carbocycles. The Morgan fingerprint density at radius 2 is 2.14 bits per heavy atom. The second-order valence-electron chi connectivity index (χ2n) is 3.10. The van der Waals surface area contributed by atoms with Crippen LogP contribution in [0.4, 0.5) is 8.78 Å². The molecule has 1 rings (SSSR count). The molecule has 1 atom stereocenters. The molecule has 78 valence electrons. The maximum absolute atomic E-state index is 13.2. The van der Waals surface area contributed by atoms with Crippen molar-refractivity contribution in [3.8, 4) is 0 Å². The van der Waals surface area contributed by atoms with Crippen molar-refractivity contribution in [1.29, 1.82) is 0 Å². The second kappa shape index (κ2) is 5.02. The molecule has 2 N–H and O–H groups in total. The van der Waals surface area contributed by atoms with Gasteiger partial charge in [-0.1, -0.05) is 0 Å². The van der Waals surface area contributed by atoms with Crippen molar-refractivity contribution in [2.24, 2.45) is 0 Å². The first kappa shape index (κ1) is 11.1. The van der Waals surface area contributed by atoms with Gasteiger partial charge in [0.05, 0.1) is 6.61 Å². The summed E-state index contributed by atoms with van der Waals surface area (Å²) in [6.07, 6.45) is 0. The van der Waals surface area contributed by atoms with Gasteiger partial charge in [0.2, 0.25) is 0 Å². The highest BCUT2D eigenvalue weighted by Crippen LogP contribution is 2.19. The van der Waals surface area contributed by atoms with E-state index in [2.05, 4.69) is 5.32 Å². The van der Waals surface area contributed by atoms with E-state index in [1.165, 1.54) is 0 Å². The molecule has 0 radical (unpaired) electrons. The summed E-state index contributed by atoms with van der Waals surface area (Å²) < 4.78 is 26.0. The Bertz CT molecular complexity index is 304. The first-order chi connectivity index (χ1) is 6.69. The van der Waals surface area contributed by atoms with E-state index in [1.54, 1.807) is 7.05 Å². The molecule has 4 heteroatoms. The van der Waals surface area contributed by atoms with Crippen molar-refractivity contribution < 1.29 is 13.9 Å². The summed E-state index contributed by atoms with van der Waals surface area (Å²) in [6.45, 7) is 0.206. The summed E-state index contributed by atoms with van der Waals surface area (Å²) in [6, 6.07) is 3.25. The number of rotatable bonds is 4. The van der Waals surface area contributed by atoms with E-state index in [0.717, 1.165) is 18.2 Å². The minimum atomic E-state index is -0.490. The van der Waals surface area contributed by atoms with E-state index in [0.29, 0.717) is 6.54 Å². The van der Waals surface area contributed by atoms with Crippen LogP contribution in [0.5, 0.6) is 0 Å². The molecule has 14 heavy (non-hydrogen) atoms. The van der Waals surface area contributed by atoms with Crippen molar-refractivity contribution in [1.82, 2.24) is 5.32 Å². The van der Waals surface area contributed by atoms with Gasteiger partial charge in [-0.2, -0.15) is 0 Å². The lowest BCUT2D eigenvalue weighted by Crippen LogP contribution is -2.21. The predicted octanol–water partition coefficient (Wildman–Crippen LogP) is 1.26. The Labute approximate surface area is 81.6 Å². The average molecular weight is 201 g/mol. The summed E-state index contributed by atoms with van der Waals surface area (Å²) in [5.74, 6) is -1.38. The first-order valence-electron chi connectivity index (χ1n) is 4.39. The smallest absolute Gasteiger partial charge is 0.127 e. The highest BCUT2D eigenvalue weighted by molar-refractivity contribution is 5.23. The van der Waals surface area contributed by atoms with Gasteiger partial charge >= 0.3 is 0 Å². The third-order valence-electron chi connectivity index (χ3n) is 2.07. The predicted molar refractivity (Wildman–Crippen MR) is 50.1 cm³/mol. The molecule has 0 amide bonds. The largest absolute Gasteiger partial charge is 0.396 e. The molecule has 0 fully saturated rings. The van der Waals surface area contributed by atoms with E-state index in [-0.39, 0.29) is 12.2 Å². The van der Waals surface area contributed by atoms with Crippen LogP contribution in [-0.4, -0.2) is 25.3 Å². The fourth-order valence-corrected chi connectivity index (χ4v) is 1.35. The van der Waals surface area contributed by atoms with Gasteiger partial charge in [0, 0.05) is 12.5 Å². The van der Waals surface area contributed by atoms with Gasteiger partial charge in [-0.15, -0.1) is 0 Å². The first-order valence-corrected chi connectivity index (χ1v) is 4.39. The maximum Gasteiger partial charge on any atom is 0.127 e. The third kappa shape index (κ3) is 2.49. The fourth-order valence-electron chi connectivity index (χ4n) is 1.35. The zero-order valence-electron chi connectivity index (χ0n) is 7.93. The van der Waals surface area contributed by atoms with Crippen LogP contribution in [0.15, 0.2) is 18.2 Å². The number of aliphatic hydroxyl groups excluding tert-OH is 1. The topological polar surface area (TPSA) is 32.3 Å². The molecule has 0 spiro atoms. The van der Waals surface area contributed by atoms with Crippen molar-refractivity contribution in [3.63, 3.8) is 0 Å². The van der Waals surface area contributed by atoms with Gasteiger partial charge in [-0.05, 0) is 30.8 Å². The van der Waals surface area contributed by atoms with E-state index < -0.39 is 17.6 Å². The standard InChI is InChI=1S/C10H13F2NO/c1-13-5-7(6-14)9-4-8(11)2-3-10(9)12/h2-4,7,13-14H,5-6H2,1H3. The Morgan fingerprint density at radius 3 is 2.71 bits per heavy atom. The molecule has 1 aromatic carbocycles. The minimum Gasteiger partial charge on any atom is -0.396 e. The van der Waals surface area contributed by atoms with Crippen LogP contribution in [0, 0.1) is 11.6 Å². The number of hydrogen-bond donors (Lipinski definition) is 2. The number of hydrogen-bond acceptors (Lipinski definition) is 2. The number of halogens is 2. The van der Waals surface area contributed by atoms with Gasteiger partial charge in [-0.3, -0.25) is 0 Å². The Kier molecular flexibility index (Phi) is 3.98. The molecule has 0 saturated heterocycles. The number of nitrogens with one attached hydrogen (secondary N) is 1. The van der Waals surface area contributed by atoms with Crippen LogP contribution >= 0.6 is 0 Å². The summed E-state index contributed by atoms with van der Waals surface area (Å²) >= 11 is 0. The zero-order valence-corrected chi connectivity index (χ0v) is 7.93. The van der Waals surface area contributed by atoms with E-state index in [4.69, 9.17) is 5.11 Å². The molecule has 1 aromatic rings. The third-order valence-corrected chi connectivity index (χ3v) is 2.07. The van der Waals surface area contributed by atoms with Gasteiger partial charge in [-0.25, -0.2) is 8.78 Å². The molecule has 0 saturated carbocycles. The highest BCUT2D eigenvalue weighted by Gasteiger charge is 2.14. The maximum atomic E-state index is 13.2. The minimum absolute atomic E-state index is 0.207. The van der Waals surface area contributed by atoms with Gasteiger partial charge in [0.25, 0.3) is 0 Å². The highest BCUT2D eigenvalue weighted by atomic mass is 19.1. The van der Waals surface area contributed by atoms with Crippen LogP contribution in [-0.2, 0) is 0 Å². The van der Waals surface area contributed by atoms with Crippen LogP contribution < -0.4 is 5.32 Å². The summed E-state index contributed by atoms with van der Waals surface area (Å²) in [4.78, 5) is 0. The second-order valence-corrected chi connectivity index (χ2v) is 3.10. The Morgan fingerprint density at radius 1 is 1.43 bits per heavy atom. The van der Waals surface area contributed by atoms with Crippen molar-refractivity contribution in [3.05, 3.63) is 35.4 Å². The Hall–Kier alpha value is -1.00. The molecule has 1 unspecified atom stereocenters. The summed E-state index contributed by atoms with van der Waals surface area (Å²) in [7, 11) is 1.69. The molecule has 0 bridgehead atoms. The Balaban J connectivity index is 2.96. The lowest BCUT2D eigenvalue weighted by molar-refractivity contribution is 0.260. The number of benzene rings is 1. The average Bonchev–Trinajstić information content (AvgIpc) is 2.18. The van der Waals surface area contributed by atoms with E-state index in [9.17, 15) is 8.78 Å². The van der Waals surface area contributed by atoms with E-state index in [1.807, 2.05) is 0 Å². The molecule has 2 nitrogen and oxygen atoms in total. The SMILES string of the molecule is CNCC(CO)c1cc(F)ccc1F. The van der Waals surface area contributed by atoms with Crippen LogP contribution in [0.2, 0.25) is 0 Å². The zero-order chi connectivity index (χ0) is 10.6. The quantitative estimate of drug-likeness (QED) is 0.768. The number of aliphatic hydroxyl groups is 1. The molecule has 0 aromatic heterocycles. The van der Waals surface area contributed by atoms with E-state index >= 15 is 0 Å². The van der Waals surface area contributed by atoms with Crippen LogP contribution in [0.25, 0.3) is 0 Å². The molecule has 0 aliphatic heterocycles. The molecule has 0 aliphatic rings. The number of likely N-dealkylation sites (N-methyl/N-ethyl adjacent to an activating group) is 1. The normalized spacial score (nSPS) is 12.9. The monoisotopic (exact) mass is 201 g/mol. The van der Waals surface area contributed by atoms with Crippen molar-refractivity contribution >= 4 is 0 Å². The van der Waals surface area contributed by atoms with Crippen molar-refractivity contribution in [2.75, 3.05) is 20.2 Å². The van der Waals surface area contributed by atoms with Gasteiger partial charge < -0.3 is 10.4 Å². The van der Waals surface area contributed by atoms with Crippen LogP contribution in [0.1, 0.15) is 11.5 Å². The summed E-state index contributed by atoms with van der Waals surface area (Å²) in [5, 5.41) is 11.8. The molecular weight excluding hydrogens is 188 g/mol. The molecular formula is C10H13F2NO. The van der Waals surface area contributed by atoms with Gasteiger partial charge in [0.15, 0.2) is 0 Å². The molecule has 0 heterocycles.